The fourth-order valence-corrected chi connectivity index (χ4v) is 0.566. The van der Waals surface area contributed by atoms with Gasteiger partial charge in [-0.15, -0.1) is 11.7 Å². The summed E-state index contributed by atoms with van der Waals surface area (Å²) in [5.74, 6) is -0.241. The van der Waals surface area contributed by atoms with Gasteiger partial charge in [0.15, 0.2) is 0 Å². The Balaban J connectivity index is 2.64. The van der Waals surface area contributed by atoms with E-state index in [1.165, 1.54) is 6.20 Å². The number of nitrogens with zero attached hydrogens (tertiary/aromatic N) is 2. The van der Waals surface area contributed by atoms with Crippen LogP contribution in [0.3, 0.4) is 0 Å². The predicted octanol–water partition coefficient (Wildman–Crippen LogP) is 1.44. The van der Waals surface area contributed by atoms with Gasteiger partial charge < -0.3 is 0 Å². The highest BCUT2D eigenvalue weighted by Gasteiger charge is 2.09. The van der Waals surface area contributed by atoms with Crippen LogP contribution < -0.4 is 0 Å². The molecule has 0 aromatic heterocycles. The summed E-state index contributed by atoms with van der Waals surface area (Å²) in [5.41, 5.74) is 0.616. The summed E-state index contributed by atoms with van der Waals surface area (Å²) in [5, 5.41) is 6.71. The Bertz CT molecular complexity index is 203. The van der Waals surface area contributed by atoms with Crippen LogP contribution in [-0.4, -0.2) is 5.91 Å². The second-order valence-electron chi connectivity index (χ2n) is 1.67. The maximum atomic E-state index is 10.6. The van der Waals surface area contributed by atoms with E-state index >= 15 is 0 Å². The van der Waals surface area contributed by atoms with Gasteiger partial charge in [0, 0.05) is 5.57 Å². The van der Waals surface area contributed by atoms with Gasteiger partial charge in [-0.25, -0.2) is 0 Å². The molecule has 0 aromatic carbocycles. The lowest BCUT2D eigenvalue weighted by Crippen LogP contribution is -1.91. The molecule has 0 saturated carbocycles. The van der Waals surface area contributed by atoms with Gasteiger partial charge in [0.1, 0.15) is 0 Å². The van der Waals surface area contributed by atoms with Crippen LogP contribution in [0.5, 0.6) is 0 Å². The van der Waals surface area contributed by atoms with Crippen molar-refractivity contribution in [3.63, 3.8) is 0 Å². The molecule has 0 unspecified atom stereocenters. The van der Waals surface area contributed by atoms with E-state index in [0.29, 0.717) is 12.0 Å². The number of rotatable bonds is 2. The van der Waals surface area contributed by atoms with Crippen molar-refractivity contribution in [3.05, 3.63) is 24.4 Å². The Kier molecular flexibility index (Phi) is 1.53. The van der Waals surface area contributed by atoms with E-state index in [1.807, 2.05) is 0 Å². The van der Waals surface area contributed by atoms with E-state index in [2.05, 4.69) is 16.8 Å². The molecule has 0 saturated heterocycles. The van der Waals surface area contributed by atoms with Crippen LogP contribution in [0.25, 0.3) is 0 Å². The first-order valence-electron chi connectivity index (χ1n) is 2.59. The number of allylic oxidation sites excluding steroid dienone is 1. The molecule has 9 heavy (non-hydrogen) atoms. The van der Waals surface area contributed by atoms with Gasteiger partial charge in [-0.1, -0.05) is 6.08 Å². The van der Waals surface area contributed by atoms with Gasteiger partial charge in [-0.05, 0) is 6.42 Å². The normalized spacial score (nSPS) is 16.0. The van der Waals surface area contributed by atoms with E-state index in [4.69, 9.17) is 0 Å². The van der Waals surface area contributed by atoms with Gasteiger partial charge in [0.2, 0.25) is 0 Å². The molecule has 0 aliphatic carbocycles. The number of hydrogen-bond donors (Lipinski definition) is 0. The third kappa shape index (κ3) is 1.10. The Labute approximate surface area is 52.8 Å². The minimum atomic E-state index is -0.241. The Morgan fingerprint density at radius 2 is 2.56 bits per heavy atom. The Hall–Kier alpha value is -1.25. The highest BCUT2D eigenvalue weighted by atomic mass is 16.2. The van der Waals surface area contributed by atoms with Crippen molar-refractivity contribution >= 4 is 5.91 Å². The highest BCUT2D eigenvalue weighted by molar-refractivity contribution is 5.95. The summed E-state index contributed by atoms with van der Waals surface area (Å²) in [6.45, 7) is 3.48. The molecule has 0 N–H and O–H groups in total. The van der Waals surface area contributed by atoms with Gasteiger partial charge in [-0.2, -0.15) is 5.11 Å². The monoisotopic (exact) mass is 122 g/mol. The van der Waals surface area contributed by atoms with E-state index in [1.54, 1.807) is 6.08 Å². The maximum absolute atomic E-state index is 10.6. The predicted molar refractivity (Wildman–Crippen MR) is 32.8 cm³/mol. The first kappa shape index (κ1) is 5.88. The molecule has 0 radical (unpaired) electrons. The topological polar surface area (TPSA) is 41.8 Å². The van der Waals surface area contributed by atoms with Gasteiger partial charge in [-0.3, -0.25) is 4.79 Å². The van der Waals surface area contributed by atoms with Crippen molar-refractivity contribution in [1.82, 2.24) is 0 Å². The fourth-order valence-electron chi connectivity index (χ4n) is 0.566. The average molecular weight is 122 g/mol. The summed E-state index contributed by atoms with van der Waals surface area (Å²) in [7, 11) is 0. The lowest BCUT2D eigenvalue weighted by molar-refractivity contribution is -0.114. The molecule has 1 aliphatic heterocycles. The average Bonchev–Trinajstić information content (AvgIpc) is 2.18. The van der Waals surface area contributed by atoms with Crippen molar-refractivity contribution in [2.75, 3.05) is 0 Å². The Morgan fingerprint density at radius 3 is 3.00 bits per heavy atom. The van der Waals surface area contributed by atoms with Gasteiger partial charge >= 0.3 is 0 Å². The van der Waals surface area contributed by atoms with E-state index < -0.39 is 0 Å². The summed E-state index contributed by atoms with van der Waals surface area (Å²) < 4.78 is 0. The number of hydrogen-bond acceptors (Lipinski definition) is 2. The van der Waals surface area contributed by atoms with E-state index in [9.17, 15) is 4.79 Å². The SMILES string of the molecule is C=CCC1=CN=NC1=O. The Morgan fingerprint density at radius 1 is 1.78 bits per heavy atom. The number of amides is 1. The highest BCUT2D eigenvalue weighted by Crippen LogP contribution is 2.10. The number of carbonyl (C=O) groups is 1. The molecule has 0 fully saturated rings. The molecule has 0 aromatic rings. The van der Waals surface area contributed by atoms with Crippen molar-refractivity contribution in [2.45, 2.75) is 6.42 Å². The van der Waals surface area contributed by atoms with Crippen molar-refractivity contribution in [3.8, 4) is 0 Å². The molecule has 3 nitrogen and oxygen atoms in total. The first-order valence-corrected chi connectivity index (χ1v) is 2.59. The largest absolute Gasteiger partial charge is 0.293 e. The van der Waals surface area contributed by atoms with Crippen LogP contribution in [0.15, 0.2) is 34.7 Å². The molecule has 0 spiro atoms. The molecular weight excluding hydrogens is 116 g/mol. The minimum absolute atomic E-state index is 0.241. The summed E-state index contributed by atoms with van der Waals surface area (Å²) in [4.78, 5) is 10.6. The molecule has 1 heterocycles. The second-order valence-corrected chi connectivity index (χ2v) is 1.67. The molecule has 1 rings (SSSR count). The quantitative estimate of drug-likeness (QED) is 0.511. The zero-order chi connectivity index (χ0) is 6.69. The first-order chi connectivity index (χ1) is 4.34. The second kappa shape index (κ2) is 2.35. The maximum Gasteiger partial charge on any atom is 0.293 e. The lowest BCUT2D eigenvalue weighted by Gasteiger charge is -1.86. The molecule has 0 atom stereocenters. The molecule has 3 heteroatoms. The molecule has 1 aliphatic rings. The number of carbonyl (C=O) groups excluding carboxylic acids is 1. The van der Waals surface area contributed by atoms with Crippen molar-refractivity contribution < 1.29 is 4.79 Å². The fraction of sp³-hybridized carbons (Fsp3) is 0.167. The number of azo groups is 1. The van der Waals surface area contributed by atoms with Crippen LogP contribution >= 0.6 is 0 Å². The van der Waals surface area contributed by atoms with Crippen LogP contribution in [0, 0.1) is 0 Å². The lowest BCUT2D eigenvalue weighted by atomic mass is 10.2. The minimum Gasteiger partial charge on any atom is -0.265 e. The van der Waals surface area contributed by atoms with E-state index in [-0.39, 0.29) is 5.91 Å². The van der Waals surface area contributed by atoms with E-state index in [0.717, 1.165) is 0 Å². The molecule has 46 valence electrons. The van der Waals surface area contributed by atoms with Crippen LogP contribution in [0.2, 0.25) is 0 Å². The molecule has 1 amide bonds. The third-order valence-electron chi connectivity index (χ3n) is 1.00. The van der Waals surface area contributed by atoms with Crippen LogP contribution in [0.4, 0.5) is 0 Å². The van der Waals surface area contributed by atoms with Gasteiger partial charge in [0.05, 0.1) is 6.20 Å². The third-order valence-corrected chi connectivity index (χ3v) is 1.00. The zero-order valence-electron chi connectivity index (χ0n) is 4.87. The molecular formula is C6H6N2O. The summed E-state index contributed by atoms with van der Waals surface area (Å²) in [6, 6.07) is 0. The summed E-state index contributed by atoms with van der Waals surface area (Å²) in [6.07, 6.45) is 3.68. The van der Waals surface area contributed by atoms with Crippen molar-refractivity contribution in [2.24, 2.45) is 10.2 Å². The summed E-state index contributed by atoms with van der Waals surface area (Å²) >= 11 is 0. The van der Waals surface area contributed by atoms with Crippen LogP contribution in [-0.2, 0) is 4.79 Å². The van der Waals surface area contributed by atoms with Crippen molar-refractivity contribution in [1.29, 1.82) is 0 Å². The van der Waals surface area contributed by atoms with Gasteiger partial charge in [0.25, 0.3) is 5.91 Å². The van der Waals surface area contributed by atoms with Crippen LogP contribution in [0.1, 0.15) is 6.42 Å². The zero-order valence-corrected chi connectivity index (χ0v) is 4.87. The smallest absolute Gasteiger partial charge is 0.265 e. The molecule has 0 bridgehead atoms. The standard InChI is InChI=1S/C6H6N2O/c1-2-3-5-4-7-8-6(5)9/h2,4H,1,3H2.